The minimum atomic E-state index is -0.591. The number of benzene rings is 1. The van der Waals surface area contributed by atoms with Gasteiger partial charge in [0.25, 0.3) is 5.91 Å². The fourth-order valence-electron chi connectivity index (χ4n) is 2.91. The molecule has 2 amide bonds. The van der Waals surface area contributed by atoms with E-state index in [4.69, 9.17) is 0 Å². The van der Waals surface area contributed by atoms with E-state index < -0.39 is 6.04 Å². The summed E-state index contributed by atoms with van der Waals surface area (Å²) >= 11 is 4.67. The molecule has 2 heterocycles. The van der Waals surface area contributed by atoms with Crippen molar-refractivity contribution >= 4 is 44.8 Å². The van der Waals surface area contributed by atoms with Crippen molar-refractivity contribution in [3.8, 4) is 0 Å². The first kappa shape index (κ1) is 18.9. The lowest BCUT2D eigenvalue weighted by atomic mass is 10.2. The summed E-state index contributed by atoms with van der Waals surface area (Å²) in [6.45, 7) is 4.37. The molecule has 0 bridgehead atoms. The van der Waals surface area contributed by atoms with E-state index in [1.165, 1.54) is 29.9 Å². The van der Waals surface area contributed by atoms with Crippen molar-refractivity contribution in [1.82, 2.24) is 10.6 Å². The van der Waals surface area contributed by atoms with Crippen molar-refractivity contribution in [3.05, 3.63) is 50.6 Å². The number of anilines is 1. The molecule has 3 rings (SSSR count). The molecule has 1 aromatic carbocycles. The summed E-state index contributed by atoms with van der Waals surface area (Å²) in [6, 6.07) is 11.2. The van der Waals surface area contributed by atoms with Crippen molar-refractivity contribution in [2.75, 3.05) is 18.0 Å². The highest BCUT2D eigenvalue weighted by atomic mass is 79.9. The minimum Gasteiger partial charge on any atom is -0.372 e. The number of carbonyl (C=O) groups is 2. The van der Waals surface area contributed by atoms with Gasteiger partial charge in [-0.2, -0.15) is 0 Å². The number of carbonyl (C=O) groups excluding carboxylic acids is 2. The van der Waals surface area contributed by atoms with Gasteiger partial charge in [-0.1, -0.05) is 12.1 Å². The van der Waals surface area contributed by atoms with Gasteiger partial charge in [0.05, 0.1) is 8.66 Å². The Bertz CT molecular complexity index is 769. The topological polar surface area (TPSA) is 61.4 Å². The third-order valence-electron chi connectivity index (χ3n) is 4.41. The van der Waals surface area contributed by atoms with Crippen LogP contribution in [0.5, 0.6) is 0 Å². The smallest absolute Gasteiger partial charge is 0.262 e. The average molecular weight is 436 g/mol. The molecule has 0 aliphatic carbocycles. The van der Waals surface area contributed by atoms with Crippen LogP contribution in [0.15, 0.2) is 40.2 Å². The van der Waals surface area contributed by atoms with E-state index in [1.54, 1.807) is 13.0 Å². The standard InChI is InChI=1S/C19H22BrN3O2S/c1-13(22-19(25)16-8-9-17(20)26-16)18(24)21-12-14-4-6-15(7-5-14)23-10-2-3-11-23/h4-9,13H,2-3,10-12H2,1H3,(H,21,24)(H,22,25)/t13-/m1/s1. The number of hydrogen-bond donors (Lipinski definition) is 2. The van der Waals surface area contributed by atoms with E-state index >= 15 is 0 Å². The molecule has 138 valence electrons. The quantitative estimate of drug-likeness (QED) is 0.728. The van der Waals surface area contributed by atoms with E-state index in [-0.39, 0.29) is 11.8 Å². The van der Waals surface area contributed by atoms with Gasteiger partial charge >= 0.3 is 0 Å². The Hall–Kier alpha value is -1.86. The number of nitrogens with zero attached hydrogens (tertiary/aromatic N) is 1. The van der Waals surface area contributed by atoms with Crippen LogP contribution < -0.4 is 15.5 Å². The summed E-state index contributed by atoms with van der Waals surface area (Å²) in [5, 5.41) is 5.60. The predicted molar refractivity (Wildman–Crippen MR) is 109 cm³/mol. The Balaban J connectivity index is 1.47. The second kappa shape index (κ2) is 8.68. The van der Waals surface area contributed by atoms with Crippen LogP contribution in [-0.2, 0) is 11.3 Å². The molecule has 2 aromatic rings. The molecule has 1 aromatic heterocycles. The molecule has 1 saturated heterocycles. The summed E-state index contributed by atoms with van der Waals surface area (Å²) in [5.41, 5.74) is 2.28. The van der Waals surface area contributed by atoms with Gasteiger partial charge in [-0.3, -0.25) is 9.59 Å². The van der Waals surface area contributed by atoms with Crippen molar-refractivity contribution in [2.45, 2.75) is 32.4 Å². The van der Waals surface area contributed by atoms with Gasteiger partial charge in [-0.15, -0.1) is 11.3 Å². The first-order valence-corrected chi connectivity index (χ1v) is 10.3. The molecule has 1 fully saturated rings. The van der Waals surface area contributed by atoms with Gasteiger partial charge in [-0.05, 0) is 65.5 Å². The van der Waals surface area contributed by atoms with E-state index in [0.717, 1.165) is 22.4 Å². The second-order valence-electron chi connectivity index (χ2n) is 6.38. The predicted octanol–water partition coefficient (Wildman–Crippen LogP) is 3.55. The third-order valence-corrected chi connectivity index (χ3v) is 6.03. The Morgan fingerprint density at radius 2 is 1.85 bits per heavy atom. The SMILES string of the molecule is C[C@@H](NC(=O)c1ccc(Br)s1)C(=O)NCc1ccc(N2CCCC2)cc1. The fourth-order valence-corrected chi connectivity index (χ4v) is 4.20. The molecular weight excluding hydrogens is 414 g/mol. The number of thiophene rings is 1. The average Bonchev–Trinajstić information content (AvgIpc) is 3.31. The van der Waals surface area contributed by atoms with Gasteiger partial charge in [-0.25, -0.2) is 0 Å². The largest absolute Gasteiger partial charge is 0.372 e. The molecule has 5 nitrogen and oxygen atoms in total. The van der Waals surface area contributed by atoms with E-state index in [1.807, 2.05) is 18.2 Å². The molecule has 2 N–H and O–H groups in total. The minimum absolute atomic E-state index is 0.197. The number of hydrogen-bond acceptors (Lipinski definition) is 4. The van der Waals surface area contributed by atoms with Crippen molar-refractivity contribution in [3.63, 3.8) is 0 Å². The number of nitrogens with one attached hydrogen (secondary N) is 2. The molecule has 0 spiro atoms. The monoisotopic (exact) mass is 435 g/mol. The Morgan fingerprint density at radius 3 is 2.46 bits per heavy atom. The van der Waals surface area contributed by atoms with Crippen LogP contribution in [0.25, 0.3) is 0 Å². The van der Waals surface area contributed by atoms with Gasteiger partial charge in [0.1, 0.15) is 6.04 Å². The van der Waals surface area contributed by atoms with Crippen LogP contribution in [0, 0.1) is 0 Å². The molecule has 1 aliphatic rings. The highest BCUT2D eigenvalue weighted by Gasteiger charge is 2.17. The van der Waals surface area contributed by atoms with Crippen LogP contribution in [0.4, 0.5) is 5.69 Å². The molecule has 1 atom stereocenters. The Morgan fingerprint density at radius 1 is 1.15 bits per heavy atom. The molecule has 26 heavy (non-hydrogen) atoms. The molecular formula is C19H22BrN3O2S. The fraction of sp³-hybridized carbons (Fsp3) is 0.368. The molecule has 0 saturated carbocycles. The van der Waals surface area contributed by atoms with E-state index in [2.05, 4.69) is 43.6 Å². The number of amides is 2. The van der Waals surface area contributed by atoms with Gasteiger partial charge in [0.2, 0.25) is 5.91 Å². The summed E-state index contributed by atoms with van der Waals surface area (Å²) < 4.78 is 0.886. The lowest BCUT2D eigenvalue weighted by Crippen LogP contribution is -2.44. The van der Waals surface area contributed by atoms with Crippen molar-refractivity contribution < 1.29 is 9.59 Å². The van der Waals surface area contributed by atoms with Gasteiger partial charge in [0.15, 0.2) is 0 Å². The molecule has 0 unspecified atom stereocenters. The van der Waals surface area contributed by atoms with Crippen LogP contribution in [-0.4, -0.2) is 30.9 Å². The molecule has 1 aliphatic heterocycles. The Labute approximate surface area is 165 Å². The zero-order chi connectivity index (χ0) is 18.5. The Kier molecular flexibility index (Phi) is 6.32. The van der Waals surface area contributed by atoms with Crippen LogP contribution >= 0.6 is 27.3 Å². The maximum atomic E-state index is 12.2. The number of rotatable bonds is 6. The normalized spacial score (nSPS) is 14.9. The zero-order valence-corrected chi connectivity index (χ0v) is 17.0. The first-order chi connectivity index (χ1) is 12.5. The van der Waals surface area contributed by atoms with Gasteiger partial charge < -0.3 is 15.5 Å². The van der Waals surface area contributed by atoms with Crippen LogP contribution in [0.3, 0.4) is 0 Å². The highest BCUT2D eigenvalue weighted by molar-refractivity contribution is 9.11. The first-order valence-electron chi connectivity index (χ1n) is 8.71. The number of halogens is 1. The van der Waals surface area contributed by atoms with Crippen LogP contribution in [0.2, 0.25) is 0 Å². The maximum absolute atomic E-state index is 12.2. The summed E-state index contributed by atoms with van der Waals surface area (Å²) in [4.78, 5) is 27.3. The van der Waals surface area contributed by atoms with Crippen molar-refractivity contribution in [1.29, 1.82) is 0 Å². The summed E-state index contributed by atoms with van der Waals surface area (Å²) in [5.74, 6) is -0.434. The van der Waals surface area contributed by atoms with Gasteiger partial charge in [0, 0.05) is 25.3 Å². The van der Waals surface area contributed by atoms with E-state index in [9.17, 15) is 9.59 Å². The highest BCUT2D eigenvalue weighted by Crippen LogP contribution is 2.22. The summed E-state index contributed by atoms with van der Waals surface area (Å²) in [6.07, 6.45) is 2.51. The lowest BCUT2D eigenvalue weighted by Gasteiger charge is -2.18. The lowest BCUT2D eigenvalue weighted by molar-refractivity contribution is -0.122. The third kappa shape index (κ3) is 4.86. The second-order valence-corrected chi connectivity index (χ2v) is 8.84. The van der Waals surface area contributed by atoms with E-state index in [0.29, 0.717) is 11.4 Å². The maximum Gasteiger partial charge on any atom is 0.262 e. The zero-order valence-electron chi connectivity index (χ0n) is 14.6. The molecule has 7 heteroatoms. The van der Waals surface area contributed by atoms with Crippen LogP contribution in [0.1, 0.15) is 35.0 Å². The molecule has 0 radical (unpaired) electrons. The van der Waals surface area contributed by atoms with Crippen molar-refractivity contribution in [2.24, 2.45) is 0 Å². The summed E-state index contributed by atoms with van der Waals surface area (Å²) in [7, 11) is 0.